The molecule has 0 unspecified atom stereocenters. The van der Waals surface area contributed by atoms with Gasteiger partial charge in [0.15, 0.2) is 5.69 Å². The van der Waals surface area contributed by atoms with Crippen molar-refractivity contribution in [2.24, 2.45) is 0 Å². The molecule has 0 saturated heterocycles. The summed E-state index contributed by atoms with van der Waals surface area (Å²) in [4.78, 5) is 11.4. The number of halogens is 3. The summed E-state index contributed by atoms with van der Waals surface area (Å²) in [7, 11) is 0. The summed E-state index contributed by atoms with van der Waals surface area (Å²) in [6.45, 7) is 3.31. The van der Waals surface area contributed by atoms with E-state index in [-0.39, 0.29) is 11.4 Å². The third-order valence-corrected chi connectivity index (χ3v) is 3.84. The Balaban J connectivity index is 2.58. The van der Waals surface area contributed by atoms with Crippen molar-refractivity contribution in [3.05, 3.63) is 35.2 Å². The van der Waals surface area contributed by atoms with Crippen LogP contribution in [0, 0.1) is 6.92 Å². The first-order chi connectivity index (χ1) is 10.3. The van der Waals surface area contributed by atoms with Crippen molar-refractivity contribution in [1.29, 1.82) is 0 Å². The van der Waals surface area contributed by atoms with Gasteiger partial charge in [-0.2, -0.15) is 13.2 Å². The van der Waals surface area contributed by atoms with Crippen LogP contribution in [-0.4, -0.2) is 31.8 Å². The molecule has 0 aliphatic carbocycles. The quantitative estimate of drug-likeness (QED) is 0.870. The van der Waals surface area contributed by atoms with Gasteiger partial charge in [-0.15, -0.1) is 16.9 Å². The molecule has 0 bridgehead atoms. The van der Waals surface area contributed by atoms with Crippen LogP contribution in [0.15, 0.2) is 23.1 Å². The predicted octanol–water partition coefficient (Wildman–Crippen LogP) is 3.40. The zero-order valence-corrected chi connectivity index (χ0v) is 12.5. The van der Waals surface area contributed by atoms with Gasteiger partial charge in [0, 0.05) is 4.90 Å². The van der Waals surface area contributed by atoms with Gasteiger partial charge in [-0.25, -0.2) is 9.48 Å². The molecule has 1 aromatic carbocycles. The van der Waals surface area contributed by atoms with Crippen molar-refractivity contribution in [2.45, 2.75) is 24.9 Å². The number of benzene rings is 1. The highest BCUT2D eigenvalue weighted by molar-refractivity contribution is 7.99. The number of hydrogen-bond donors (Lipinski definition) is 1. The van der Waals surface area contributed by atoms with Gasteiger partial charge < -0.3 is 5.11 Å². The third-order valence-electron chi connectivity index (χ3n) is 2.91. The van der Waals surface area contributed by atoms with E-state index in [9.17, 15) is 18.0 Å². The number of rotatable bonds is 4. The van der Waals surface area contributed by atoms with Gasteiger partial charge in [0.1, 0.15) is 0 Å². The fraction of sp³-hybridized carbons (Fsp3) is 0.308. The van der Waals surface area contributed by atoms with Gasteiger partial charge in [0.05, 0.1) is 16.9 Å². The predicted molar refractivity (Wildman–Crippen MR) is 74.5 cm³/mol. The van der Waals surface area contributed by atoms with E-state index in [0.717, 1.165) is 12.1 Å². The maximum absolute atomic E-state index is 12.8. The number of nitrogens with zero attached hydrogens (tertiary/aromatic N) is 3. The fourth-order valence-corrected chi connectivity index (χ4v) is 2.72. The van der Waals surface area contributed by atoms with Crippen molar-refractivity contribution in [1.82, 2.24) is 15.0 Å². The second kappa shape index (κ2) is 5.99. The Morgan fingerprint density at radius 3 is 2.59 bits per heavy atom. The molecule has 0 radical (unpaired) electrons. The summed E-state index contributed by atoms with van der Waals surface area (Å²) in [5.74, 6) is -0.672. The molecule has 118 valence electrons. The summed E-state index contributed by atoms with van der Waals surface area (Å²) < 4.78 is 39.7. The van der Waals surface area contributed by atoms with Crippen LogP contribution in [0.1, 0.15) is 28.7 Å². The average Bonchev–Trinajstić information content (AvgIpc) is 2.80. The lowest BCUT2D eigenvalue weighted by molar-refractivity contribution is -0.137. The average molecular weight is 331 g/mol. The number of hydrogen-bond acceptors (Lipinski definition) is 4. The number of carboxylic acids is 1. The molecule has 2 rings (SSSR count). The Kier molecular flexibility index (Phi) is 4.45. The normalized spacial score (nSPS) is 11.7. The Hall–Kier alpha value is -2.03. The Labute approximate surface area is 128 Å². The molecule has 5 nitrogen and oxygen atoms in total. The van der Waals surface area contributed by atoms with Gasteiger partial charge in [0.2, 0.25) is 0 Å². The van der Waals surface area contributed by atoms with E-state index in [4.69, 9.17) is 5.11 Å². The van der Waals surface area contributed by atoms with Crippen LogP contribution in [0.5, 0.6) is 0 Å². The lowest BCUT2D eigenvalue weighted by atomic mass is 10.2. The van der Waals surface area contributed by atoms with Crippen molar-refractivity contribution < 1.29 is 23.1 Å². The molecule has 0 aliphatic heterocycles. The summed E-state index contributed by atoms with van der Waals surface area (Å²) in [5, 5.41) is 16.3. The van der Waals surface area contributed by atoms with E-state index < -0.39 is 17.7 Å². The number of aromatic nitrogens is 3. The van der Waals surface area contributed by atoms with Crippen LogP contribution in [0.4, 0.5) is 13.2 Å². The van der Waals surface area contributed by atoms with Gasteiger partial charge in [0.25, 0.3) is 0 Å². The van der Waals surface area contributed by atoms with E-state index in [2.05, 4.69) is 10.3 Å². The lowest BCUT2D eigenvalue weighted by Crippen LogP contribution is -2.08. The standard InChI is InChI=1S/C13H12F3N3O2S/c1-3-22-10-6-8(13(14,15)16)4-5-9(10)19-7(2)11(12(20)21)17-18-19/h4-6H,3H2,1-2H3,(H,20,21). The van der Waals surface area contributed by atoms with Crippen LogP contribution in [0.25, 0.3) is 5.69 Å². The molecule has 0 fully saturated rings. The molecule has 22 heavy (non-hydrogen) atoms. The zero-order chi connectivity index (χ0) is 16.5. The number of alkyl halides is 3. The highest BCUT2D eigenvalue weighted by Gasteiger charge is 2.31. The number of aromatic carboxylic acids is 1. The first-order valence-electron chi connectivity index (χ1n) is 6.25. The molecule has 1 N–H and O–H groups in total. The molecule has 0 aliphatic rings. The van der Waals surface area contributed by atoms with Gasteiger partial charge in [-0.3, -0.25) is 0 Å². The van der Waals surface area contributed by atoms with Crippen LogP contribution in [-0.2, 0) is 6.18 Å². The number of carboxylic acid groups (broad SMARTS) is 1. The lowest BCUT2D eigenvalue weighted by Gasteiger charge is -2.13. The first-order valence-corrected chi connectivity index (χ1v) is 7.24. The molecule has 0 saturated carbocycles. The highest BCUT2D eigenvalue weighted by Crippen LogP contribution is 2.35. The molecule has 1 aromatic heterocycles. The molecule has 9 heteroatoms. The minimum Gasteiger partial charge on any atom is -0.476 e. The molecule has 0 spiro atoms. The van der Waals surface area contributed by atoms with E-state index in [0.29, 0.717) is 16.3 Å². The maximum atomic E-state index is 12.8. The van der Waals surface area contributed by atoms with Gasteiger partial charge >= 0.3 is 12.1 Å². The fourth-order valence-electron chi connectivity index (χ4n) is 1.89. The number of thioether (sulfide) groups is 1. The van der Waals surface area contributed by atoms with Crippen LogP contribution in [0.3, 0.4) is 0 Å². The van der Waals surface area contributed by atoms with Gasteiger partial charge in [-0.05, 0) is 30.9 Å². The van der Waals surface area contributed by atoms with Crippen molar-refractivity contribution >= 4 is 17.7 Å². The summed E-state index contributed by atoms with van der Waals surface area (Å²) in [6.07, 6.45) is -4.44. The van der Waals surface area contributed by atoms with Crippen molar-refractivity contribution in [3.8, 4) is 5.69 Å². The molecular formula is C13H12F3N3O2S. The van der Waals surface area contributed by atoms with E-state index in [1.165, 1.54) is 29.4 Å². The minimum atomic E-state index is -4.44. The monoisotopic (exact) mass is 331 g/mol. The number of carbonyl (C=O) groups is 1. The van der Waals surface area contributed by atoms with Gasteiger partial charge in [-0.1, -0.05) is 12.1 Å². The largest absolute Gasteiger partial charge is 0.476 e. The Morgan fingerprint density at radius 2 is 2.09 bits per heavy atom. The first kappa shape index (κ1) is 16.3. The van der Waals surface area contributed by atoms with Crippen molar-refractivity contribution in [3.63, 3.8) is 0 Å². The van der Waals surface area contributed by atoms with Crippen LogP contribution >= 0.6 is 11.8 Å². The maximum Gasteiger partial charge on any atom is 0.416 e. The Bertz CT molecular complexity index is 713. The molecular weight excluding hydrogens is 319 g/mol. The summed E-state index contributed by atoms with van der Waals surface area (Å²) in [6, 6.07) is 3.25. The van der Waals surface area contributed by atoms with Crippen LogP contribution < -0.4 is 0 Å². The van der Waals surface area contributed by atoms with Crippen LogP contribution in [0.2, 0.25) is 0 Å². The Morgan fingerprint density at radius 1 is 1.41 bits per heavy atom. The van der Waals surface area contributed by atoms with E-state index in [1.807, 2.05) is 6.92 Å². The zero-order valence-electron chi connectivity index (χ0n) is 11.7. The molecule has 2 aromatic rings. The molecule has 1 heterocycles. The smallest absolute Gasteiger partial charge is 0.416 e. The molecule has 0 atom stereocenters. The summed E-state index contributed by atoms with van der Waals surface area (Å²) >= 11 is 1.22. The van der Waals surface area contributed by atoms with E-state index in [1.54, 1.807) is 0 Å². The summed E-state index contributed by atoms with van der Waals surface area (Å²) in [5.41, 5.74) is -0.363. The molecule has 0 amide bonds. The van der Waals surface area contributed by atoms with E-state index >= 15 is 0 Å². The van der Waals surface area contributed by atoms with Crippen molar-refractivity contribution in [2.75, 3.05) is 5.75 Å². The minimum absolute atomic E-state index is 0.229. The second-order valence-corrected chi connectivity index (χ2v) is 5.66. The topological polar surface area (TPSA) is 68.0 Å². The SMILES string of the molecule is CCSc1cc(C(F)(F)F)ccc1-n1nnc(C(=O)O)c1C. The third kappa shape index (κ3) is 3.08. The highest BCUT2D eigenvalue weighted by atomic mass is 32.2. The second-order valence-electron chi connectivity index (χ2n) is 4.35.